The number of nitrogens with zero attached hydrogens (tertiary/aromatic N) is 3. The Morgan fingerprint density at radius 2 is 2.24 bits per heavy atom. The zero-order valence-corrected chi connectivity index (χ0v) is 9.94. The molecule has 0 amide bonds. The molecule has 2 heterocycles. The lowest BCUT2D eigenvalue weighted by Crippen LogP contribution is -2.11. The Balaban J connectivity index is 2.10. The summed E-state index contributed by atoms with van der Waals surface area (Å²) < 4.78 is 0. The van der Waals surface area contributed by atoms with Crippen LogP contribution in [0.3, 0.4) is 0 Å². The molecule has 7 heteroatoms. The summed E-state index contributed by atoms with van der Waals surface area (Å²) in [6, 6.07) is 2.94. The van der Waals surface area contributed by atoms with Crippen LogP contribution in [-0.2, 0) is 0 Å². The molecule has 0 saturated carbocycles. The first kappa shape index (κ1) is 11.8. The Labute approximate surface area is 103 Å². The van der Waals surface area contributed by atoms with Crippen LogP contribution in [0.2, 0.25) is 0 Å². The zero-order valence-electron chi connectivity index (χ0n) is 9.13. The van der Waals surface area contributed by atoms with Gasteiger partial charge in [0, 0.05) is 18.0 Å². The van der Waals surface area contributed by atoms with E-state index in [4.69, 9.17) is 0 Å². The Kier molecular flexibility index (Phi) is 3.92. The van der Waals surface area contributed by atoms with Crippen molar-refractivity contribution in [2.24, 2.45) is 5.10 Å². The van der Waals surface area contributed by atoms with Crippen LogP contribution in [-0.4, -0.2) is 27.1 Å². The van der Waals surface area contributed by atoms with E-state index in [0.717, 1.165) is 30.1 Å². The fourth-order valence-electron chi connectivity index (χ4n) is 1.48. The van der Waals surface area contributed by atoms with Crippen molar-refractivity contribution in [2.45, 2.75) is 12.8 Å². The van der Waals surface area contributed by atoms with Crippen LogP contribution in [0.25, 0.3) is 0 Å². The summed E-state index contributed by atoms with van der Waals surface area (Å²) in [6.45, 7) is 0. The van der Waals surface area contributed by atoms with Crippen LogP contribution in [0.1, 0.15) is 12.8 Å². The maximum Gasteiger partial charge on any atom is 0.313 e. The van der Waals surface area contributed by atoms with E-state index < -0.39 is 4.92 Å². The standard InChI is InChI=1S/C10H12N4O2S/c15-14(16)9-2-1-5-11-10(9)13-12-8-3-6-17-7-4-8/h1-2,5H,3-4,6-7H2,(H,11,13). The first-order valence-corrected chi connectivity index (χ1v) is 6.41. The second kappa shape index (κ2) is 5.62. The number of hydrogen-bond donors (Lipinski definition) is 1. The molecule has 1 aliphatic heterocycles. The molecular weight excluding hydrogens is 240 g/mol. The second-order valence-electron chi connectivity index (χ2n) is 3.53. The summed E-state index contributed by atoms with van der Waals surface area (Å²) in [7, 11) is 0. The molecule has 1 saturated heterocycles. The van der Waals surface area contributed by atoms with Gasteiger partial charge in [-0.1, -0.05) is 0 Å². The first-order chi connectivity index (χ1) is 8.27. The summed E-state index contributed by atoms with van der Waals surface area (Å²) in [5, 5.41) is 14.9. The van der Waals surface area contributed by atoms with Gasteiger partial charge in [0.1, 0.15) is 0 Å². The van der Waals surface area contributed by atoms with Gasteiger partial charge in [-0.3, -0.25) is 15.5 Å². The quantitative estimate of drug-likeness (QED) is 0.659. The largest absolute Gasteiger partial charge is 0.313 e. The Bertz CT molecular complexity index is 442. The highest BCUT2D eigenvalue weighted by Crippen LogP contribution is 2.21. The fraction of sp³-hybridized carbons (Fsp3) is 0.400. The molecule has 0 spiro atoms. The Hall–Kier alpha value is -1.63. The van der Waals surface area contributed by atoms with Gasteiger partial charge < -0.3 is 0 Å². The third-order valence-electron chi connectivity index (χ3n) is 2.37. The molecule has 0 atom stereocenters. The van der Waals surface area contributed by atoms with Gasteiger partial charge >= 0.3 is 5.69 Å². The number of rotatable bonds is 3. The van der Waals surface area contributed by atoms with E-state index in [1.54, 1.807) is 0 Å². The second-order valence-corrected chi connectivity index (χ2v) is 4.76. The Morgan fingerprint density at radius 1 is 1.47 bits per heavy atom. The molecule has 90 valence electrons. The van der Waals surface area contributed by atoms with E-state index in [1.165, 1.54) is 18.3 Å². The van der Waals surface area contributed by atoms with E-state index in [2.05, 4.69) is 15.5 Å². The van der Waals surface area contributed by atoms with Gasteiger partial charge in [-0.2, -0.15) is 16.9 Å². The highest BCUT2D eigenvalue weighted by molar-refractivity contribution is 7.99. The fourth-order valence-corrected chi connectivity index (χ4v) is 2.45. The predicted octanol–water partition coefficient (Wildman–Crippen LogP) is 2.28. The van der Waals surface area contributed by atoms with Crippen molar-refractivity contribution in [1.82, 2.24) is 4.98 Å². The number of hydrazone groups is 1. The normalized spacial score (nSPS) is 15.4. The van der Waals surface area contributed by atoms with Gasteiger partial charge in [-0.15, -0.1) is 0 Å². The van der Waals surface area contributed by atoms with E-state index >= 15 is 0 Å². The van der Waals surface area contributed by atoms with Crippen LogP contribution < -0.4 is 5.43 Å². The maximum absolute atomic E-state index is 10.7. The number of nitro groups is 1. The maximum atomic E-state index is 10.7. The van der Waals surface area contributed by atoms with Crippen molar-refractivity contribution >= 4 is 29.0 Å². The summed E-state index contributed by atoms with van der Waals surface area (Å²) in [6.07, 6.45) is 3.36. The summed E-state index contributed by atoms with van der Waals surface area (Å²) in [4.78, 5) is 14.2. The SMILES string of the molecule is O=[N+]([O-])c1cccnc1NN=C1CCSCC1. The Morgan fingerprint density at radius 3 is 2.94 bits per heavy atom. The summed E-state index contributed by atoms with van der Waals surface area (Å²) in [5.74, 6) is 2.32. The zero-order chi connectivity index (χ0) is 12.1. The van der Waals surface area contributed by atoms with E-state index in [0.29, 0.717) is 0 Å². The summed E-state index contributed by atoms with van der Waals surface area (Å²) >= 11 is 1.90. The van der Waals surface area contributed by atoms with Crippen molar-refractivity contribution in [3.63, 3.8) is 0 Å². The van der Waals surface area contributed by atoms with Crippen molar-refractivity contribution in [3.8, 4) is 0 Å². The molecule has 2 rings (SSSR count). The average Bonchev–Trinajstić information content (AvgIpc) is 2.38. The number of aromatic nitrogens is 1. The van der Waals surface area contributed by atoms with E-state index in [-0.39, 0.29) is 11.5 Å². The highest BCUT2D eigenvalue weighted by atomic mass is 32.2. The molecule has 1 aromatic rings. The van der Waals surface area contributed by atoms with Crippen molar-refractivity contribution in [1.29, 1.82) is 0 Å². The third kappa shape index (κ3) is 3.16. The van der Waals surface area contributed by atoms with Gasteiger partial charge in [0.2, 0.25) is 5.82 Å². The molecule has 17 heavy (non-hydrogen) atoms. The smallest absolute Gasteiger partial charge is 0.258 e. The average molecular weight is 252 g/mol. The lowest BCUT2D eigenvalue weighted by atomic mass is 10.2. The molecule has 6 nitrogen and oxygen atoms in total. The minimum absolute atomic E-state index is 0.0537. The molecule has 0 unspecified atom stereocenters. The minimum atomic E-state index is -0.466. The van der Waals surface area contributed by atoms with Crippen LogP contribution in [0, 0.1) is 10.1 Å². The molecule has 0 radical (unpaired) electrons. The van der Waals surface area contributed by atoms with Gasteiger partial charge in [-0.05, 0) is 30.4 Å². The predicted molar refractivity (Wildman–Crippen MR) is 68.5 cm³/mol. The molecule has 1 N–H and O–H groups in total. The van der Waals surface area contributed by atoms with E-state index in [9.17, 15) is 10.1 Å². The van der Waals surface area contributed by atoms with Gasteiger partial charge in [0.05, 0.1) is 4.92 Å². The van der Waals surface area contributed by atoms with Crippen molar-refractivity contribution < 1.29 is 4.92 Å². The molecule has 0 bridgehead atoms. The number of thioether (sulfide) groups is 1. The molecular formula is C10H12N4O2S. The number of pyridine rings is 1. The van der Waals surface area contributed by atoms with E-state index in [1.807, 2.05) is 11.8 Å². The topological polar surface area (TPSA) is 80.4 Å². The lowest BCUT2D eigenvalue weighted by molar-refractivity contribution is -0.384. The van der Waals surface area contributed by atoms with Crippen LogP contribution in [0.4, 0.5) is 11.5 Å². The minimum Gasteiger partial charge on any atom is -0.258 e. The van der Waals surface area contributed by atoms with Gasteiger partial charge in [0.25, 0.3) is 0 Å². The lowest BCUT2D eigenvalue weighted by Gasteiger charge is -2.11. The third-order valence-corrected chi connectivity index (χ3v) is 3.36. The van der Waals surface area contributed by atoms with Crippen LogP contribution >= 0.6 is 11.8 Å². The molecule has 1 aliphatic rings. The number of hydrogen-bond acceptors (Lipinski definition) is 6. The van der Waals surface area contributed by atoms with Crippen molar-refractivity contribution in [2.75, 3.05) is 16.9 Å². The molecule has 0 aliphatic carbocycles. The number of nitrogens with one attached hydrogen (secondary N) is 1. The molecule has 1 aromatic heterocycles. The van der Waals surface area contributed by atoms with Gasteiger partial charge in [-0.25, -0.2) is 4.98 Å². The van der Waals surface area contributed by atoms with Crippen LogP contribution in [0.5, 0.6) is 0 Å². The summed E-state index contributed by atoms with van der Waals surface area (Å²) in [5.41, 5.74) is 3.68. The van der Waals surface area contributed by atoms with Gasteiger partial charge in [0.15, 0.2) is 0 Å². The number of anilines is 1. The molecule has 1 fully saturated rings. The van der Waals surface area contributed by atoms with Crippen molar-refractivity contribution in [3.05, 3.63) is 28.4 Å². The highest BCUT2D eigenvalue weighted by Gasteiger charge is 2.14. The molecule has 0 aromatic carbocycles. The first-order valence-electron chi connectivity index (χ1n) is 5.26. The van der Waals surface area contributed by atoms with Crippen LogP contribution in [0.15, 0.2) is 23.4 Å². The monoisotopic (exact) mass is 252 g/mol.